The van der Waals surface area contributed by atoms with Gasteiger partial charge in [0.1, 0.15) is 11.5 Å². The standard InChI is InChI=1S/C52H82O8/c1-5-9-11-15-41-19-23-43(24-20-41)17-13-37-57-47-31-27-45(28-32-47)39-59-51(35-7-3,49(53)54)52(36-8-4,50(55)56)60-40-46-29-33-48(34-30-46)58-38-14-18-44-25-21-42(22-26-44)16-12-10-6-2/h27-34,41-44H,5-26,35-40H2,1-4H3,(H,53,54)(H,55,56)/t41-,42-,43-,44-,51-,52-/m0/s1. The molecule has 2 aliphatic rings. The second-order valence-corrected chi connectivity index (χ2v) is 18.4. The molecule has 2 N–H and O–H groups in total. The minimum absolute atomic E-state index is 0.0243. The second-order valence-electron chi connectivity index (χ2n) is 18.4. The predicted molar refractivity (Wildman–Crippen MR) is 242 cm³/mol. The van der Waals surface area contributed by atoms with Crippen LogP contribution in [0.25, 0.3) is 0 Å². The number of carboxylic acid groups (broad SMARTS) is 2. The Morgan fingerprint density at radius 1 is 0.483 bits per heavy atom. The Morgan fingerprint density at radius 3 is 1.08 bits per heavy atom. The summed E-state index contributed by atoms with van der Waals surface area (Å²) in [6, 6.07) is 15.0. The van der Waals surface area contributed by atoms with Gasteiger partial charge in [0.15, 0.2) is 0 Å². The Kier molecular flexibility index (Phi) is 22.4. The summed E-state index contributed by atoms with van der Waals surface area (Å²) in [4.78, 5) is 26.6. The average Bonchev–Trinajstić information content (AvgIpc) is 3.26. The highest BCUT2D eigenvalue weighted by molar-refractivity contribution is 5.91. The molecule has 2 aromatic rings. The number of rotatable bonds is 31. The number of ether oxygens (including phenoxy) is 4. The van der Waals surface area contributed by atoms with Crippen LogP contribution in [0.1, 0.15) is 193 Å². The Bertz CT molecular complexity index is 1350. The first-order valence-corrected chi connectivity index (χ1v) is 24.4. The quantitative estimate of drug-likeness (QED) is 0.0722. The smallest absolute Gasteiger partial charge is 0.339 e. The molecule has 0 heterocycles. The largest absolute Gasteiger partial charge is 0.494 e. The molecule has 8 heteroatoms. The number of benzene rings is 2. The third-order valence-corrected chi connectivity index (χ3v) is 13.8. The third-order valence-electron chi connectivity index (χ3n) is 13.8. The van der Waals surface area contributed by atoms with Crippen molar-refractivity contribution in [3.63, 3.8) is 0 Å². The van der Waals surface area contributed by atoms with Gasteiger partial charge >= 0.3 is 11.9 Å². The summed E-state index contributed by atoms with van der Waals surface area (Å²) >= 11 is 0. The van der Waals surface area contributed by atoms with Gasteiger partial charge in [-0.2, -0.15) is 0 Å². The Balaban J connectivity index is 1.27. The Labute approximate surface area is 363 Å². The van der Waals surface area contributed by atoms with Crippen LogP contribution in [0, 0.1) is 23.7 Å². The van der Waals surface area contributed by atoms with E-state index in [1.165, 1.54) is 116 Å². The number of unbranched alkanes of at least 4 members (excludes halogenated alkanes) is 4. The highest BCUT2D eigenvalue weighted by Crippen LogP contribution is 2.41. The molecular formula is C52H82O8. The van der Waals surface area contributed by atoms with Crippen LogP contribution < -0.4 is 9.47 Å². The summed E-state index contributed by atoms with van der Waals surface area (Å²) in [6.45, 7) is 9.39. The monoisotopic (exact) mass is 835 g/mol. The second kappa shape index (κ2) is 27.1. The highest BCUT2D eigenvalue weighted by atomic mass is 16.6. The number of hydrogen-bond donors (Lipinski definition) is 2. The van der Waals surface area contributed by atoms with Crippen molar-refractivity contribution in [3.8, 4) is 11.5 Å². The lowest BCUT2D eigenvalue weighted by Crippen LogP contribution is -2.66. The summed E-state index contributed by atoms with van der Waals surface area (Å²) in [6.07, 6.45) is 27.0. The number of hydrogen-bond acceptors (Lipinski definition) is 6. The fourth-order valence-electron chi connectivity index (χ4n) is 10.1. The summed E-state index contributed by atoms with van der Waals surface area (Å²) in [5, 5.41) is 21.7. The number of carbonyl (C=O) groups is 2. The first-order chi connectivity index (χ1) is 29.2. The lowest BCUT2D eigenvalue weighted by atomic mass is 9.75. The minimum Gasteiger partial charge on any atom is -0.494 e. The molecule has 0 unspecified atom stereocenters. The molecule has 2 aliphatic carbocycles. The van der Waals surface area contributed by atoms with Crippen LogP contribution in [0.15, 0.2) is 48.5 Å². The van der Waals surface area contributed by atoms with Crippen LogP contribution in [0.2, 0.25) is 0 Å². The van der Waals surface area contributed by atoms with Crippen molar-refractivity contribution in [1.82, 2.24) is 0 Å². The summed E-state index contributed by atoms with van der Waals surface area (Å²) < 4.78 is 24.8. The molecule has 2 aromatic carbocycles. The van der Waals surface area contributed by atoms with Gasteiger partial charge in [-0.3, -0.25) is 0 Å². The average molecular weight is 835 g/mol. The van der Waals surface area contributed by atoms with Crippen LogP contribution in [0.5, 0.6) is 11.5 Å². The van der Waals surface area contributed by atoms with E-state index in [-0.39, 0.29) is 26.1 Å². The molecular weight excluding hydrogens is 753 g/mol. The molecule has 0 radical (unpaired) electrons. The molecule has 2 atom stereocenters. The van der Waals surface area contributed by atoms with E-state index in [0.717, 1.165) is 59.1 Å². The maximum atomic E-state index is 13.3. The van der Waals surface area contributed by atoms with E-state index in [0.29, 0.717) is 26.1 Å². The van der Waals surface area contributed by atoms with Gasteiger partial charge < -0.3 is 29.2 Å². The Hall–Kier alpha value is -3.10. The third kappa shape index (κ3) is 15.4. The fraction of sp³-hybridized carbons (Fsp3) is 0.731. The van der Waals surface area contributed by atoms with Crippen LogP contribution >= 0.6 is 0 Å². The van der Waals surface area contributed by atoms with Crippen LogP contribution in [-0.2, 0) is 32.3 Å². The van der Waals surface area contributed by atoms with E-state index in [2.05, 4.69) is 13.8 Å². The first-order valence-electron chi connectivity index (χ1n) is 24.4. The minimum atomic E-state index is -2.12. The maximum absolute atomic E-state index is 13.3. The topological polar surface area (TPSA) is 112 Å². The zero-order valence-corrected chi connectivity index (χ0v) is 38.1. The van der Waals surface area contributed by atoms with Crippen molar-refractivity contribution in [2.75, 3.05) is 13.2 Å². The molecule has 0 spiro atoms. The van der Waals surface area contributed by atoms with Crippen LogP contribution in [-0.4, -0.2) is 46.6 Å². The van der Waals surface area contributed by atoms with Gasteiger partial charge in [-0.05, 0) is 97.6 Å². The van der Waals surface area contributed by atoms with Crippen molar-refractivity contribution >= 4 is 11.9 Å². The van der Waals surface area contributed by atoms with Crippen LogP contribution in [0.4, 0.5) is 0 Å². The summed E-state index contributed by atoms with van der Waals surface area (Å²) in [5.41, 5.74) is -2.78. The maximum Gasteiger partial charge on any atom is 0.339 e. The molecule has 2 saturated carbocycles. The van der Waals surface area contributed by atoms with Crippen molar-refractivity contribution in [1.29, 1.82) is 0 Å². The van der Waals surface area contributed by atoms with E-state index in [1.807, 2.05) is 62.4 Å². The first kappa shape index (κ1) is 49.6. The van der Waals surface area contributed by atoms with Gasteiger partial charge in [0, 0.05) is 0 Å². The molecule has 60 heavy (non-hydrogen) atoms. The van der Waals surface area contributed by atoms with Crippen molar-refractivity contribution in [2.24, 2.45) is 23.7 Å². The van der Waals surface area contributed by atoms with Crippen LogP contribution in [0.3, 0.4) is 0 Å². The van der Waals surface area contributed by atoms with E-state index < -0.39 is 23.1 Å². The van der Waals surface area contributed by atoms with Gasteiger partial charge in [0.2, 0.25) is 11.2 Å². The van der Waals surface area contributed by atoms with E-state index >= 15 is 0 Å². The molecule has 0 saturated heterocycles. The molecule has 8 nitrogen and oxygen atoms in total. The number of carboxylic acids is 2. The molecule has 0 aromatic heterocycles. The molecule has 4 rings (SSSR count). The SMILES string of the molecule is CCCCC[C@H]1CC[C@H](CCCOc2ccc(CO[C@@](CCC)(C(=O)O)[C@@](CCC)(OCc3ccc(OCCC[C@H]4CC[C@H](CCCCC)CC4)cc3)C(=O)O)cc2)CC1. The molecule has 338 valence electrons. The van der Waals surface area contributed by atoms with Crippen molar-refractivity contribution in [2.45, 2.75) is 206 Å². The van der Waals surface area contributed by atoms with Crippen molar-refractivity contribution in [3.05, 3.63) is 59.7 Å². The summed E-state index contributed by atoms with van der Waals surface area (Å²) in [7, 11) is 0. The van der Waals surface area contributed by atoms with E-state index in [9.17, 15) is 19.8 Å². The molecule has 2 fully saturated rings. The lowest BCUT2D eigenvalue weighted by Gasteiger charge is -2.44. The van der Waals surface area contributed by atoms with Gasteiger partial charge in [0.05, 0.1) is 26.4 Å². The normalized spacial score (nSPS) is 21.5. The van der Waals surface area contributed by atoms with Gasteiger partial charge in [0.25, 0.3) is 0 Å². The zero-order chi connectivity index (χ0) is 43.1. The molecule has 0 amide bonds. The van der Waals surface area contributed by atoms with E-state index in [4.69, 9.17) is 18.9 Å². The fourth-order valence-corrected chi connectivity index (χ4v) is 10.1. The molecule has 0 aliphatic heterocycles. The van der Waals surface area contributed by atoms with Crippen molar-refractivity contribution < 1.29 is 38.7 Å². The summed E-state index contributed by atoms with van der Waals surface area (Å²) in [5.74, 6) is 2.31. The van der Waals surface area contributed by atoms with Gasteiger partial charge in [-0.1, -0.05) is 168 Å². The molecule has 0 bridgehead atoms. The van der Waals surface area contributed by atoms with Gasteiger partial charge in [-0.15, -0.1) is 0 Å². The Morgan fingerprint density at radius 2 is 0.800 bits per heavy atom. The number of aliphatic carboxylic acids is 2. The lowest BCUT2D eigenvalue weighted by molar-refractivity contribution is -0.240. The highest BCUT2D eigenvalue weighted by Gasteiger charge is 2.63. The van der Waals surface area contributed by atoms with Gasteiger partial charge in [-0.25, -0.2) is 9.59 Å². The zero-order valence-electron chi connectivity index (χ0n) is 38.1. The predicted octanol–water partition coefficient (Wildman–Crippen LogP) is 13.8. The van der Waals surface area contributed by atoms with E-state index in [1.54, 1.807) is 0 Å².